The van der Waals surface area contributed by atoms with Crippen LogP contribution in [0.4, 0.5) is 4.39 Å². The molecule has 3 rings (SSSR count). The van der Waals surface area contributed by atoms with Crippen molar-refractivity contribution in [3.05, 3.63) is 65.0 Å². The molecule has 4 nitrogen and oxygen atoms in total. The number of hydrogen-bond donors (Lipinski definition) is 1. The van der Waals surface area contributed by atoms with E-state index in [1.165, 1.54) is 12.1 Å². The van der Waals surface area contributed by atoms with Crippen molar-refractivity contribution in [1.29, 1.82) is 0 Å². The molecule has 1 N–H and O–H groups in total. The first kappa shape index (κ1) is 17.9. The molecule has 1 heterocycles. The number of rotatable bonds is 5. The predicted octanol–water partition coefficient (Wildman–Crippen LogP) is 3.25. The quantitative estimate of drug-likeness (QED) is 0.903. The Labute approximate surface area is 147 Å². The SMILES string of the molecule is COc1ccc(C)cc1[C@@H](O)CN1CCO[C@H](c2ccc(F)cc2)C1. The molecule has 1 aliphatic heterocycles. The maximum Gasteiger partial charge on any atom is 0.124 e. The second kappa shape index (κ2) is 7.95. The van der Waals surface area contributed by atoms with Gasteiger partial charge in [-0.1, -0.05) is 23.8 Å². The summed E-state index contributed by atoms with van der Waals surface area (Å²) in [5.41, 5.74) is 2.84. The maximum atomic E-state index is 13.1. The van der Waals surface area contributed by atoms with E-state index in [-0.39, 0.29) is 11.9 Å². The monoisotopic (exact) mass is 345 g/mol. The van der Waals surface area contributed by atoms with Gasteiger partial charge in [0.1, 0.15) is 11.6 Å². The maximum absolute atomic E-state index is 13.1. The number of halogens is 1. The van der Waals surface area contributed by atoms with Crippen LogP contribution in [0.1, 0.15) is 28.9 Å². The minimum absolute atomic E-state index is 0.110. The Morgan fingerprint density at radius 2 is 2.04 bits per heavy atom. The molecule has 0 saturated carbocycles. The predicted molar refractivity (Wildman–Crippen MR) is 94.2 cm³/mol. The highest BCUT2D eigenvalue weighted by molar-refractivity contribution is 5.38. The van der Waals surface area contributed by atoms with Gasteiger partial charge >= 0.3 is 0 Å². The standard InChI is InChI=1S/C20H24FNO3/c1-14-3-8-19(24-2)17(11-14)18(23)12-22-9-10-25-20(13-22)15-4-6-16(21)7-5-15/h3-8,11,18,20,23H,9-10,12-13H2,1-2H3/t18-,20-/m0/s1. The molecule has 0 aromatic heterocycles. The largest absolute Gasteiger partial charge is 0.496 e. The molecule has 1 fully saturated rings. The average molecular weight is 345 g/mol. The van der Waals surface area contributed by atoms with Crippen molar-refractivity contribution in [2.24, 2.45) is 0 Å². The second-order valence-corrected chi connectivity index (χ2v) is 6.43. The Balaban J connectivity index is 1.68. The number of aliphatic hydroxyl groups is 1. The zero-order valence-corrected chi connectivity index (χ0v) is 14.6. The number of morpholine rings is 1. The fourth-order valence-electron chi connectivity index (χ4n) is 3.20. The Kier molecular flexibility index (Phi) is 5.68. The van der Waals surface area contributed by atoms with E-state index in [0.29, 0.717) is 25.4 Å². The third kappa shape index (κ3) is 4.37. The van der Waals surface area contributed by atoms with Crippen molar-refractivity contribution in [2.75, 3.05) is 33.4 Å². The summed E-state index contributed by atoms with van der Waals surface area (Å²) in [6, 6.07) is 12.2. The molecule has 134 valence electrons. The van der Waals surface area contributed by atoms with E-state index in [4.69, 9.17) is 9.47 Å². The summed E-state index contributed by atoms with van der Waals surface area (Å²) < 4.78 is 24.3. The van der Waals surface area contributed by atoms with Crippen LogP contribution in [0.2, 0.25) is 0 Å². The highest BCUT2D eigenvalue weighted by Crippen LogP contribution is 2.29. The van der Waals surface area contributed by atoms with E-state index in [1.807, 2.05) is 25.1 Å². The van der Waals surface area contributed by atoms with Crippen LogP contribution in [-0.2, 0) is 4.74 Å². The lowest BCUT2D eigenvalue weighted by molar-refractivity contribution is -0.0425. The minimum atomic E-state index is -0.637. The lowest BCUT2D eigenvalue weighted by Gasteiger charge is -2.34. The number of methoxy groups -OCH3 is 1. The van der Waals surface area contributed by atoms with Crippen LogP contribution in [0.5, 0.6) is 5.75 Å². The lowest BCUT2D eigenvalue weighted by atomic mass is 10.0. The summed E-state index contributed by atoms with van der Waals surface area (Å²) in [6.45, 7) is 4.50. The summed E-state index contributed by atoms with van der Waals surface area (Å²) in [4.78, 5) is 2.17. The van der Waals surface area contributed by atoms with Crippen molar-refractivity contribution in [2.45, 2.75) is 19.1 Å². The van der Waals surface area contributed by atoms with Gasteiger partial charge in [-0.05, 0) is 36.8 Å². The molecule has 1 aliphatic rings. The topological polar surface area (TPSA) is 41.9 Å². The summed E-state index contributed by atoms with van der Waals surface area (Å²) in [6.07, 6.45) is -0.747. The van der Waals surface area contributed by atoms with Crippen LogP contribution in [0.3, 0.4) is 0 Å². The van der Waals surface area contributed by atoms with Gasteiger partial charge in [-0.15, -0.1) is 0 Å². The van der Waals surface area contributed by atoms with Gasteiger partial charge in [-0.3, -0.25) is 4.90 Å². The molecule has 0 bridgehead atoms. The van der Waals surface area contributed by atoms with Gasteiger partial charge in [0.15, 0.2) is 0 Å². The number of aliphatic hydroxyl groups excluding tert-OH is 1. The second-order valence-electron chi connectivity index (χ2n) is 6.43. The first-order valence-electron chi connectivity index (χ1n) is 8.49. The van der Waals surface area contributed by atoms with Crippen LogP contribution in [0.25, 0.3) is 0 Å². The molecule has 0 spiro atoms. The number of aryl methyl sites for hydroxylation is 1. The summed E-state index contributed by atoms with van der Waals surface area (Å²) in [5.74, 6) is 0.444. The fourth-order valence-corrected chi connectivity index (χ4v) is 3.20. The van der Waals surface area contributed by atoms with E-state index >= 15 is 0 Å². The van der Waals surface area contributed by atoms with E-state index in [9.17, 15) is 9.50 Å². The van der Waals surface area contributed by atoms with Crippen LogP contribution < -0.4 is 4.74 Å². The normalized spacial score (nSPS) is 19.6. The smallest absolute Gasteiger partial charge is 0.124 e. The van der Waals surface area contributed by atoms with Crippen LogP contribution in [0.15, 0.2) is 42.5 Å². The molecule has 2 aromatic carbocycles. The summed E-state index contributed by atoms with van der Waals surface area (Å²) in [7, 11) is 1.61. The lowest BCUT2D eigenvalue weighted by Crippen LogP contribution is -2.40. The third-order valence-corrected chi connectivity index (χ3v) is 4.57. The molecular formula is C20H24FNO3. The van der Waals surface area contributed by atoms with Crippen molar-refractivity contribution in [1.82, 2.24) is 4.90 Å². The molecule has 0 radical (unpaired) electrons. The highest BCUT2D eigenvalue weighted by atomic mass is 19.1. The van der Waals surface area contributed by atoms with Crippen molar-refractivity contribution >= 4 is 0 Å². The van der Waals surface area contributed by atoms with E-state index < -0.39 is 6.10 Å². The average Bonchev–Trinajstić information content (AvgIpc) is 2.62. The van der Waals surface area contributed by atoms with E-state index in [0.717, 1.165) is 23.2 Å². The minimum Gasteiger partial charge on any atom is -0.496 e. The molecule has 5 heteroatoms. The van der Waals surface area contributed by atoms with E-state index in [2.05, 4.69) is 4.90 Å². The zero-order chi connectivity index (χ0) is 17.8. The molecule has 2 aromatic rings. The molecular weight excluding hydrogens is 321 g/mol. The number of benzene rings is 2. The van der Waals surface area contributed by atoms with Gasteiger partial charge in [0.2, 0.25) is 0 Å². The number of nitrogens with zero attached hydrogens (tertiary/aromatic N) is 1. The summed E-state index contributed by atoms with van der Waals surface area (Å²) in [5, 5.41) is 10.7. The molecule has 0 unspecified atom stereocenters. The van der Waals surface area contributed by atoms with Gasteiger partial charge in [0.25, 0.3) is 0 Å². The van der Waals surface area contributed by atoms with Gasteiger partial charge in [-0.25, -0.2) is 4.39 Å². The molecule has 0 aliphatic carbocycles. The highest BCUT2D eigenvalue weighted by Gasteiger charge is 2.25. The van der Waals surface area contributed by atoms with Gasteiger partial charge in [0, 0.05) is 25.2 Å². The number of hydrogen-bond acceptors (Lipinski definition) is 4. The van der Waals surface area contributed by atoms with Crippen LogP contribution in [0, 0.1) is 12.7 Å². The van der Waals surface area contributed by atoms with E-state index in [1.54, 1.807) is 19.2 Å². The Bertz CT molecular complexity index is 705. The Hall–Kier alpha value is -1.95. The Morgan fingerprint density at radius 1 is 1.28 bits per heavy atom. The first-order chi connectivity index (χ1) is 12.1. The first-order valence-corrected chi connectivity index (χ1v) is 8.49. The third-order valence-electron chi connectivity index (χ3n) is 4.57. The molecule has 25 heavy (non-hydrogen) atoms. The van der Waals surface area contributed by atoms with Crippen molar-refractivity contribution in [3.63, 3.8) is 0 Å². The van der Waals surface area contributed by atoms with Gasteiger partial charge in [-0.2, -0.15) is 0 Å². The molecule has 2 atom stereocenters. The van der Waals surface area contributed by atoms with Gasteiger partial charge in [0.05, 0.1) is 25.9 Å². The van der Waals surface area contributed by atoms with Crippen molar-refractivity contribution in [3.8, 4) is 5.75 Å². The van der Waals surface area contributed by atoms with Crippen LogP contribution in [-0.4, -0.2) is 43.4 Å². The molecule has 1 saturated heterocycles. The Morgan fingerprint density at radius 3 is 2.76 bits per heavy atom. The van der Waals surface area contributed by atoms with Crippen LogP contribution >= 0.6 is 0 Å². The summed E-state index contributed by atoms with van der Waals surface area (Å²) >= 11 is 0. The molecule has 0 amide bonds. The van der Waals surface area contributed by atoms with Crippen molar-refractivity contribution < 1.29 is 19.0 Å². The number of ether oxygens (including phenoxy) is 2. The zero-order valence-electron chi connectivity index (χ0n) is 14.6. The fraction of sp³-hybridized carbons (Fsp3) is 0.400. The number of β-amino-alcohol motifs (C(OH)–C–C–N with tert-alkyl or cyclic N) is 1. The van der Waals surface area contributed by atoms with Gasteiger partial charge < -0.3 is 14.6 Å².